The quantitative estimate of drug-likeness (QED) is 0.736. The molecule has 0 aliphatic carbocycles. The SMILES string of the molecule is C[C@@H]1OCC[C@@H]1NCCCn1ccnc1. The number of hydrogen-bond donors (Lipinski definition) is 1. The molecule has 0 unspecified atom stereocenters. The summed E-state index contributed by atoms with van der Waals surface area (Å²) >= 11 is 0. The van der Waals surface area contributed by atoms with Gasteiger partial charge in [0.2, 0.25) is 0 Å². The predicted octanol–water partition coefficient (Wildman–Crippen LogP) is 1.04. The first kappa shape index (κ1) is 10.6. The molecule has 2 heterocycles. The summed E-state index contributed by atoms with van der Waals surface area (Å²) in [6, 6.07) is 0.549. The molecule has 1 aromatic heterocycles. The molecule has 84 valence electrons. The molecule has 4 heteroatoms. The molecule has 4 nitrogen and oxygen atoms in total. The van der Waals surface area contributed by atoms with Crippen LogP contribution >= 0.6 is 0 Å². The number of nitrogens with zero attached hydrogens (tertiary/aromatic N) is 2. The molecule has 0 aromatic carbocycles. The maximum absolute atomic E-state index is 5.49. The Morgan fingerprint density at radius 3 is 3.20 bits per heavy atom. The van der Waals surface area contributed by atoms with E-state index < -0.39 is 0 Å². The van der Waals surface area contributed by atoms with Gasteiger partial charge in [0.05, 0.1) is 12.4 Å². The molecule has 0 saturated carbocycles. The van der Waals surface area contributed by atoms with Crippen molar-refractivity contribution in [2.75, 3.05) is 13.2 Å². The summed E-state index contributed by atoms with van der Waals surface area (Å²) in [5.74, 6) is 0. The number of imidazole rings is 1. The molecule has 0 radical (unpaired) electrons. The highest BCUT2D eigenvalue weighted by molar-refractivity contribution is 4.79. The lowest BCUT2D eigenvalue weighted by Gasteiger charge is -2.15. The Morgan fingerprint density at radius 1 is 1.60 bits per heavy atom. The third-order valence-corrected chi connectivity index (χ3v) is 2.94. The van der Waals surface area contributed by atoms with E-state index in [-0.39, 0.29) is 0 Å². The Morgan fingerprint density at radius 2 is 2.53 bits per heavy atom. The van der Waals surface area contributed by atoms with E-state index in [9.17, 15) is 0 Å². The van der Waals surface area contributed by atoms with Crippen LogP contribution in [0.15, 0.2) is 18.7 Å². The van der Waals surface area contributed by atoms with E-state index >= 15 is 0 Å². The smallest absolute Gasteiger partial charge is 0.0945 e. The predicted molar refractivity (Wildman–Crippen MR) is 58.7 cm³/mol. The van der Waals surface area contributed by atoms with Gasteiger partial charge >= 0.3 is 0 Å². The minimum Gasteiger partial charge on any atom is -0.377 e. The van der Waals surface area contributed by atoms with Gasteiger partial charge in [0, 0.05) is 31.6 Å². The van der Waals surface area contributed by atoms with Crippen molar-refractivity contribution in [3.05, 3.63) is 18.7 Å². The van der Waals surface area contributed by atoms with Crippen LogP contribution in [0.4, 0.5) is 0 Å². The number of hydrogen-bond acceptors (Lipinski definition) is 3. The molecule has 1 fully saturated rings. The van der Waals surface area contributed by atoms with Gasteiger partial charge in [-0.05, 0) is 26.3 Å². The first-order valence-electron chi connectivity index (χ1n) is 5.67. The summed E-state index contributed by atoms with van der Waals surface area (Å²) in [7, 11) is 0. The fraction of sp³-hybridized carbons (Fsp3) is 0.727. The second kappa shape index (κ2) is 5.28. The third kappa shape index (κ3) is 3.04. The summed E-state index contributed by atoms with van der Waals surface area (Å²) in [6.45, 7) is 5.13. The van der Waals surface area contributed by atoms with Gasteiger partial charge in [-0.3, -0.25) is 0 Å². The van der Waals surface area contributed by atoms with Gasteiger partial charge in [0.25, 0.3) is 0 Å². The van der Waals surface area contributed by atoms with Crippen LogP contribution in [-0.2, 0) is 11.3 Å². The van der Waals surface area contributed by atoms with E-state index in [1.807, 2.05) is 18.7 Å². The van der Waals surface area contributed by atoms with Crippen LogP contribution in [-0.4, -0.2) is 34.8 Å². The minimum absolute atomic E-state index is 0.373. The number of rotatable bonds is 5. The lowest BCUT2D eigenvalue weighted by atomic mass is 10.1. The Bertz CT molecular complexity index is 273. The molecule has 0 amide bonds. The average Bonchev–Trinajstić information content (AvgIpc) is 2.85. The van der Waals surface area contributed by atoms with Crippen LogP contribution in [0.3, 0.4) is 0 Å². The molecule has 1 aliphatic heterocycles. The normalized spacial score (nSPS) is 25.9. The maximum atomic E-state index is 5.49. The second-order valence-corrected chi connectivity index (χ2v) is 4.08. The topological polar surface area (TPSA) is 39.1 Å². The van der Waals surface area contributed by atoms with Gasteiger partial charge in [-0.1, -0.05) is 0 Å². The Labute approximate surface area is 90.6 Å². The van der Waals surface area contributed by atoms with Crippen LogP contribution in [0.5, 0.6) is 0 Å². The van der Waals surface area contributed by atoms with Crippen molar-refractivity contribution in [1.29, 1.82) is 0 Å². The van der Waals surface area contributed by atoms with Crippen molar-refractivity contribution >= 4 is 0 Å². The minimum atomic E-state index is 0.373. The molecule has 1 aromatic rings. The van der Waals surface area contributed by atoms with Crippen molar-refractivity contribution in [2.24, 2.45) is 0 Å². The van der Waals surface area contributed by atoms with Crippen LogP contribution in [0.2, 0.25) is 0 Å². The molecular formula is C11H19N3O. The van der Waals surface area contributed by atoms with E-state index in [1.165, 1.54) is 0 Å². The summed E-state index contributed by atoms with van der Waals surface area (Å²) in [5, 5.41) is 3.54. The van der Waals surface area contributed by atoms with Gasteiger partial charge in [0.15, 0.2) is 0 Å². The zero-order valence-electron chi connectivity index (χ0n) is 9.22. The Kier molecular flexibility index (Phi) is 3.75. The maximum Gasteiger partial charge on any atom is 0.0945 e. The fourth-order valence-corrected chi connectivity index (χ4v) is 1.97. The van der Waals surface area contributed by atoms with Crippen molar-refractivity contribution < 1.29 is 4.74 Å². The van der Waals surface area contributed by atoms with Crippen molar-refractivity contribution in [3.8, 4) is 0 Å². The van der Waals surface area contributed by atoms with E-state index in [0.29, 0.717) is 12.1 Å². The summed E-state index contributed by atoms with van der Waals surface area (Å²) < 4.78 is 7.60. The van der Waals surface area contributed by atoms with Gasteiger partial charge in [-0.25, -0.2) is 4.98 Å². The van der Waals surface area contributed by atoms with Crippen molar-refractivity contribution in [1.82, 2.24) is 14.9 Å². The first-order chi connectivity index (χ1) is 7.36. The van der Waals surface area contributed by atoms with E-state index in [4.69, 9.17) is 4.74 Å². The van der Waals surface area contributed by atoms with E-state index in [1.54, 1.807) is 0 Å². The van der Waals surface area contributed by atoms with Crippen LogP contribution in [0, 0.1) is 0 Å². The third-order valence-electron chi connectivity index (χ3n) is 2.94. The highest BCUT2D eigenvalue weighted by atomic mass is 16.5. The summed E-state index contributed by atoms with van der Waals surface area (Å²) in [6.07, 6.45) is 8.34. The molecule has 1 saturated heterocycles. The van der Waals surface area contributed by atoms with Gasteiger partial charge in [0.1, 0.15) is 0 Å². The number of ether oxygens (including phenoxy) is 1. The standard InChI is InChI=1S/C11H19N3O/c1-10-11(3-8-15-10)13-4-2-6-14-7-5-12-9-14/h5,7,9-11,13H,2-4,6,8H2,1H3/t10-,11-/m0/s1. The van der Waals surface area contributed by atoms with E-state index in [0.717, 1.165) is 32.5 Å². The zero-order valence-corrected chi connectivity index (χ0v) is 9.22. The lowest BCUT2D eigenvalue weighted by molar-refractivity contribution is 0.113. The van der Waals surface area contributed by atoms with Gasteiger partial charge in [-0.2, -0.15) is 0 Å². The van der Waals surface area contributed by atoms with Gasteiger partial charge in [-0.15, -0.1) is 0 Å². The summed E-state index contributed by atoms with van der Waals surface area (Å²) in [5.41, 5.74) is 0. The molecule has 2 rings (SSSR count). The number of aromatic nitrogens is 2. The second-order valence-electron chi connectivity index (χ2n) is 4.08. The summed E-state index contributed by atoms with van der Waals surface area (Å²) in [4.78, 5) is 4.01. The largest absolute Gasteiger partial charge is 0.377 e. The van der Waals surface area contributed by atoms with E-state index in [2.05, 4.69) is 21.8 Å². The Balaban J connectivity index is 1.59. The molecule has 1 aliphatic rings. The highest BCUT2D eigenvalue weighted by Gasteiger charge is 2.22. The molecule has 0 bridgehead atoms. The van der Waals surface area contributed by atoms with Crippen molar-refractivity contribution in [3.63, 3.8) is 0 Å². The monoisotopic (exact) mass is 209 g/mol. The fourth-order valence-electron chi connectivity index (χ4n) is 1.97. The van der Waals surface area contributed by atoms with Gasteiger partial charge < -0.3 is 14.6 Å². The lowest BCUT2D eigenvalue weighted by Crippen LogP contribution is -2.35. The molecular weight excluding hydrogens is 190 g/mol. The highest BCUT2D eigenvalue weighted by Crippen LogP contribution is 2.12. The van der Waals surface area contributed by atoms with Crippen molar-refractivity contribution in [2.45, 2.75) is 38.5 Å². The molecule has 1 N–H and O–H groups in total. The molecule has 2 atom stereocenters. The Hall–Kier alpha value is -0.870. The molecule has 15 heavy (non-hydrogen) atoms. The molecule has 0 spiro atoms. The van der Waals surface area contributed by atoms with Crippen LogP contribution in [0.25, 0.3) is 0 Å². The van der Waals surface area contributed by atoms with Crippen LogP contribution in [0.1, 0.15) is 19.8 Å². The zero-order chi connectivity index (χ0) is 10.5. The number of nitrogens with one attached hydrogen (secondary N) is 1. The average molecular weight is 209 g/mol. The first-order valence-corrected chi connectivity index (χ1v) is 5.67. The number of aryl methyl sites for hydroxylation is 1. The van der Waals surface area contributed by atoms with Crippen LogP contribution < -0.4 is 5.32 Å².